The Hall–Kier alpha value is -1.94. The lowest BCUT2D eigenvalue weighted by Crippen LogP contribution is -2.26. The van der Waals surface area contributed by atoms with Gasteiger partial charge >= 0.3 is 5.97 Å². The van der Waals surface area contributed by atoms with Crippen molar-refractivity contribution in [3.8, 4) is 0 Å². The van der Waals surface area contributed by atoms with Gasteiger partial charge in [0.25, 0.3) is 0 Å². The van der Waals surface area contributed by atoms with E-state index in [1.165, 1.54) is 12.7 Å². The van der Waals surface area contributed by atoms with Gasteiger partial charge in [0.05, 0.1) is 7.11 Å². The molecule has 0 amide bonds. The molecule has 0 saturated carbocycles. The van der Waals surface area contributed by atoms with Gasteiger partial charge < -0.3 is 4.74 Å². The maximum atomic E-state index is 12.1. The van der Waals surface area contributed by atoms with E-state index in [2.05, 4.69) is 17.0 Å². The van der Waals surface area contributed by atoms with Crippen molar-refractivity contribution in [2.45, 2.75) is 25.8 Å². The molecule has 1 aliphatic heterocycles. The highest BCUT2D eigenvalue weighted by Crippen LogP contribution is 2.36. The first-order chi connectivity index (χ1) is 10.7. The van der Waals surface area contributed by atoms with E-state index in [1.54, 1.807) is 0 Å². The summed E-state index contributed by atoms with van der Waals surface area (Å²) in [5.41, 5.74) is 2.56. The minimum absolute atomic E-state index is 0.0478. The van der Waals surface area contributed by atoms with E-state index in [0.717, 1.165) is 31.5 Å². The van der Waals surface area contributed by atoms with E-state index >= 15 is 0 Å². The molecule has 1 atom stereocenters. The second-order valence-electron chi connectivity index (χ2n) is 6.05. The smallest absolute Gasteiger partial charge is 0.341 e. The molecule has 1 unspecified atom stereocenters. The Morgan fingerprint density at radius 3 is 2.82 bits per heavy atom. The number of methoxy groups -OCH3 is 1. The molecule has 116 valence electrons. The number of Topliss-reactive ketones (excluding diaryl/α,β-unsaturated/α-hetero) is 1. The largest absolute Gasteiger partial charge is 0.465 e. The third kappa shape index (κ3) is 2.97. The molecule has 3 rings (SSSR count). The summed E-state index contributed by atoms with van der Waals surface area (Å²) in [6.45, 7) is 2.53. The Bertz CT molecular complexity index is 606. The lowest BCUT2D eigenvalue weighted by molar-refractivity contribution is -0.137. The molecule has 0 aromatic heterocycles. The predicted molar refractivity (Wildman–Crippen MR) is 83.1 cm³/mol. The minimum atomic E-state index is -0.468. The number of nitrogens with zero attached hydrogens (tertiary/aromatic N) is 1. The summed E-state index contributed by atoms with van der Waals surface area (Å²) in [5, 5.41) is 0. The van der Waals surface area contributed by atoms with Crippen LogP contribution >= 0.6 is 0 Å². The Morgan fingerprint density at radius 2 is 2.09 bits per heavy atom. The van der Waals surface area contributed by atoms with Crippen LogP contribution in [0, 0.1) is 5.92 Å². The van der Waals surface area contributed by atoms with Crippen molar-refractivity contribution in [1.82, 2.24) is 4.90 Å². The molecule has 1 aromatic carbocycles. The van der Waals surface area contributed by atoms with E-state index in [-0.39, 0.29) is 11.7 Å². The molecule has 1 aliphatic carbocycles. The highest BCUT2D eigenvalue weighted by atomic mass is 16.5. The molecule has 4 heteroatoms. The summed E-state index contributed by atoms with van der Waals surface area (Å²) < 4.78 is 4.81. The molecule has 0 spiro atoms. The van der Waals surface area contributed by atoms with Crippen molar-refractivity contribution in [1.29, 1.82) is 0 Å². The van der Waals surface area contributed by atoms with Crippen LogP contribution in [0.4, 0.5) is 0 Å². The maximum absolute atomic E-state index is 12.1. The molecule has 1 aromatic rings. The topological polar surface area (TPSA) is 46.6 Å². The molecule has 1 fully saturated rings. The molecule has 1 heterocycles. The van der Waals surface area contributed by atoms with Crippen molar-refractivity contribution in [2.75, 3.05) is 20.2 Å². The van der Waals surface area contributed by atoms with E-state index in [9.17, 15) is 9.59 Å². The zero-order valence-corrected chi connectivity index (χ0v) is 12.9. The first-order valence-corrected chi connectivity index (χ1v) is 7.80. The summed E-state index contributed by atoms with van der Waals surface area (Å²) in [6, 6.07) is 10.3. The third-order valence-electron chi connectivity index (χ3n) is 4.58. The summed E-state index contributed by atoms with van der Waals surface area (Å²) in [7, 11) is 1.34. The van der Waals surface area contributed by atoms with E-state index in [4.69, 9.17) is 4.74 Å². The standard InChI is InChI=1S/C18H21NO3/c1-22-18(21)17-15-12-19(11-13-6-3-2-4-7-13)9-5-8-14(15)10-16(17)20/h2-4,6-7,14H,5,8-12H2,1H3. The third-order valence-corrected chi connectivity index (χ3v) is 4.58. The fraction of sp³-hybridized carbons (Fsp3) is 0.444. The molecule has 0 N–H and O–H groups in total. The van der Waals surface area contributed by atoms with Gasteiger partial charge in [0, 0.05) is 19.5 Å². The highest BCUT2D eigenvalue weighted by molar-refractivity contribution is 6.19. The van der Waals surface area contributed by atoms with Crippen molar-refractivity contribution in [2.24, 2.45) is 5.92 Å². The maximum Gasteiger partial charge on any atom is 0.341 e. The van der Waals surface area contributed by atoms with Gasteiger partial charge in [-0.15, -0.1) is 0 Å². The first kappa shape index (κ1) is 15.0. The molecular weight excluding hydrogens is 278 g/mol. The van der Waals surface area contributed by atoms with Gasteiger partial charge in [-0.3, -0.25) is 9.69 Å². The van der Waals surface area contributed by atoms with Crippen LogP contribution in [0.25, 0.3) is 0 Å². The van der Waals surface area contributed by atoms with Crippen LogP contribution in [0.2, 0.25) is 0 Å². The van der Waals surface area contributed by atoms with Gasteiger partial charge in [0.2, 0.25) is 0 Å². The number of rotatable bonds is 3. The Morgan fingerprint density at radius 1 is 1.32 bits per heavy atom. The fourth-order valence-corrected chi connectivity index (χ4v) is 3.52. The van der Waals surface area contributed by atoms with Crippen LogP contribution < -0.4 is 0 Å². The monoisotopic (exact) mass is 299 g/mol. The number of fused-ring (bicyclic) bond motifs is 1. The molecule has 1 saturated heterocycles. The number of ether oxygens (including phenoxy) is 1. The Kier molecular flexibility index (Phi) is 4.39. The van der Waals surface area contributed by atoms with Crippen molar-refractivity contribution >= 4 is 11.8 Å². The quantitative estimate of drug-likeness (QED) is 0.635. The van der Waals surface area contributed by atoms with Crippen LogP contribution in [0.5, 0.6) is 0 Å². The summed E-state index contributed by atoms with van der Waals surface area (Å²) >= 11 is 0. The van der Waals surface area contributed by atoms with E-state index in [1.807, 2.05) is 18.2 Å². The summed E-state index contributed by atoms with van der Waals surface area (Å²) in [5.74, 6) is -0.292. The molecule has 2 aliphatic rings. The fourth-order valence-electron chi connectivity index (χ4n) is 3.52. The molecule has 0 radical (unpaired) electrons. The number of carbonyl (C=O) groups is 2. The van der Waals surface area contributed by atoms with Gasteiger partial charge in [-0.05, 0) is 36.4 Å². The van der Waals surface area contributed by atoms with Crippen molar-refractivity contribution < 1.29 is 14.3 Å². The molecular formula is C18H21NO3. The number of likely N-dealkylation sites (tertiary alicyclic amines) is 1. The second kappa shape index (κ2) is 6.44. The predicted octanol–water partition coefficient (Wildman–Crippen LogP) is 2.34. The van der Waals surface area contributed by atoms with Crippen molar-refractivity contribution in [3.05, 3.63) is 47.0 Å². The van der Waals surface area contributed by atoms with Crippen LogP contribution in [-0.2, 0) is 20.9 Å². The SMILES string of the molecule is COC(=O)C1=C2CN(Cc3ccccc3)CCCC2CC1=O. The Labute approximate surface area is 130 Å². The summed E-state index contributed by atoms with van der Waals surface area (Å²) in [4.78, 5) is 26.4. The average Bonchev–Trinajstić information content (AvgIpc) is 2.70. The summed E-state index contributed by atoms with van der Waals surface area (Å²) in [6.07, 6.45) is 2.51. The average molecular weight is 299 g/mol. The number of hydrogen-bond acceptors (Lipinski definition) is 4. The lowest BCUT2D eigenvalue weighted by Gasteiger charge is -2.21. The van der Waals surface area contributed by atoms with E-state index < -0.39 is 5.97 Å². The zero-order chi connectivity index (χ0) is 15.5. The van der Waals surface area contributed by atoms with Crippen molar-refractivity contribution in [3.63, 3.8) is 0 Å². The van der Waals surface area contributed by atoms with Gasteiger partial charge in [-0.1, -0.05) is 30.3 Å². The lowest BCUT2D eigenvalue weighted by atomic mass is 9.97. The van der Waals surface area contributed by atoms with Crippen LogP contribution in [0.15, 0.2) is 41.5 Å². The highest BCUT2D eigenvalue weighted by Gasteiger charge is 2.38. The number of ketones is 1. The minimum Gasteiger partial charge on any atom is -0.465 e. The number of benzene rings is 1. The van der Waals surface area contributed by atoms with Gasteiger partial charge in [0.1, 0.15) is 5.57 Å². The molecule has 22 heavy (non-hydrogen) atoms. The zero-order valence-electron chi connectivity index (χ0n) is 12.9. The van der Waals surface area contributed by atoms with Gasteiger partial charge in [-0.25, -0.2) is 4.79 Å². The Balaban J connectivity index is 1.83. The van der Waals surface area contributed by atoms with E-state index in [0.29, 0.717) is 18.5 Å². The number of hydrogen-bond donors (Lipinski definition) is 0. The second-order valence-corrected chi connectivity index (χ2v) is 6.05. The van der Waals surface area contributed by atoms with Gasteiger partial charge in [-0.2, -0.15) is 0 Å². The van der Waals surface area contributed by atoms with Crippen LogP contribution in [0.3, 0.4) is 0 Å². The number of esters is 1. The van der Waals surface area contributed by atoms with Crippen LogP contribution in [-0.4, -0.2) is 36.9 Å². The number of carbonyl (C=O) groups excluding carboxylic acids is 2. The van der Waals surface area contributed by atoms with Crippen LogP contribution in [0.1, 0.15) is 24.8 Å². The first-order valence-electron chi connectivity index (χ1n) is 7.80. The van der Waals surface area contributed by atoms with Gasteiger partial charge in [0.15, 0.2) is 5.78 Å². The molecule has 4 nitrogen and oxygen atoms in total. The molecule has 0 bridgehead atoms. The normalized spacial score (nSPS) is 22.4.